The van der Waals surface area contributed by atoms with Crippen molar-refractivity contribution in [2.45, 2.75) is 18.8 Å². The van der Waals surface area contributed by atoms with E-state index in [0.717, 1.165) is 11.1 Å². The molecule has 28 heavy (non-hydrogen) atoms. The maximum absolute atomic E-state index is 13.9. The lowest BCUT2D eigenvalue weighted by Crippen LogP contribution is -2.31. The van der Waals surface area contributed by atoms with Crippen molar-refractivity contribution in [3.63, 3.8) is 0 Å². The van der Waals surface area contributed by atoms with E-state index in [9.17, 15) is 9.18 Å². The first-order valence-corrected chi connectivity index (χ1v) is 10.5. The van der Waals surface area contributed by atoms with Crippen molar-refractivity contribution < 1.29 is 9.18 Å². The van der Waals surface area contributed by atoms with Gasteiger partial charge in [0.15, 0.2) is 0 Å². The van der Waals surface area contributed by atoms with Gasteiger partial charge in [0.2, 0.25) is 5.91 Å². The first-order chi connectivity index (χ1) is 13.6. The zero-order valence-corrected chi connectivity index (χ0v) is 16.9. The minimum atomic E-state index is -0.335. The van der Waals surface area contributed by atoms with Gasteiger partial charge in [0.1, 0.15) is 5.82 Å². The maximum atomic E-state index is 13.9. The van der Waals surface area contributed by atoms with Crippen LogP contribution in [-0.2, 0) is 23.6 Å². The number of hydrogen-bond acceptors (Lipinski definition) is 2. The molecule has 3 aromatic rings. The van der Waals surface area contributed by atoms with Gasteiger partial charge in [-0.15, -0.1) is 11.8 Å². The zero-order chi connectivity index (χ0) is 19.8. The fraction of sp³-hybridized carbons (Fsp3) is 0.174. The van der Waals surface area contributed by atoms with E-state index in [1.165, 1.54) is 17.8 Å². The predicted octanol–water partition coefficient (Wildman–Crippen LogP) is 5.94. The normalized spacial score (nSPS) is 10.6. The van der Waals surface area contributed by atoms with E-state index >= 15 is 0 Å². The second kappa shape index (κ2) is 10.3. The van der Waals surface area contributed by atoms with E-state index in [1.807, 2.05) is 65.6 Å². The lowest BCUT2D eigenvalue weighted by atomic mass is 10.1. The molecule has 0 aromatic heterocycles. The molecular weight excluding hydrogens is 393 g/mol. The summed E-state index contributed by atoms with van der Waals surface area (Å²) in [7, 11) is 0. The van der Waals surface area contributed by atoms with Crippen LogP contribution >= 0.6 is 23.4 Å². The number of rotatable bonds is 8. The Hall–Kier alpha value is -2.30. The van der Waals surface area contributed by atoms with Crippen LogP contribution in [0.5, 0.6) is 0 Å². The monoisotopic (exact) mass is 413 g/mol. The molecule has 0 spiro atoms. The number of carbonyl (C=O) groups excluding carboxylic acids is 1. The van der Waals surface area contributed by atoms with E-state index in [1.54, 1.807) is 12.1 Å². The van der Waals surface area contributed by atoms with Gasteiger partial charge in [-0.25, -0.2) is 4.39 Å². The van der Waals surface area contributed by atoms with E-state index in [-0.39, 0.29) is 11.7 Å². The quantitative estimate of drug-likeness (QED) is 0.455. The first-order valence-electron chi connectivity index (χ1n) is 8.99. The van der Waals surface area contributed by atoms with Crippen molar-refractivity contribution in [1.29, 1.82) is 0 Å². The van der Waals surface area contributed by atoms with Gasteiger partial charge in [0.05, 0.1) is 5.75 Å². The molecule has 1 amide bonds. The third-order valence-corrected chi connectivity index (χ3v) is 5.48. The number of carbonyl (C=O) groups is 1. The number of halogens is 2. The third-order valence-electron chi connectivity index (χ3n) is 4.28. The molecule has 144 valence electrons. The van der Waals surface area contributed by atoms with E-state index in [0.29, 0.717) is 35.2 Å². The minimum absolute atomic E-state index is 0.0343. The summed E-state index contributed by atoms with van der Waals surface area (Å²) in [5.41, 5.74) is 2.72. The molecule has 2 nitrogen and oxygen atoms in total. The van der Waals surface area contributed by atoms with Crippen LogP contribution in [0.4, 0.5) is 4.39 Å². The SMILES string of the molecule is O=C(CSCc1ccc(Cl)cc1F)N(Cc1ccccc1)Cc1ccccc1. The van der Waals surface area contributed by atoms with Crippen LogP contribution in [0.3, 0.4) is 0 Å². The van der Waals surface area contributed by atoms with Crippen LogP contribution in [0.25, 0.3) is 0 Å². The Balaban J connectivity index is 1.63. The molecule has 0 aliphatic rings. The zero-order valence-electron chi connectivity index (χ0n) is 15.4. The molecule has 0 aliphatic carbocycles. The molecule has 0 radical (unpaired) electrons. The Morgan fingerprint density at radius 1 is 0.893 bits per heavy atom. The number of thioether (sulfide) groups is 1. The van der Waals surface area contributed by atoms with E-state index in [2.05, 4.69) is 0 Å². The summed E-state index contributed by atoms with van der Waals surface area (Å²) in [5, 5.41) is 0.374. The average molecular weight is 414 g/mol. The van der Waals surface area contributed by atoms with Gasteiger partial charge >= 0.3 is 0 Å². The summed E-state index contributed by atoms with van der Waals surface area (Å²) in [4.78, 5) is 14.7. The smallest absolute Gasteiger partial charge is 0.233 e. The molecule has 0 bridgehead atoms. The highest BCUT2D eigenvalue weighted by Crippen LogP contribution is 2.20. The van der Waals surface area contributed by atoms with Crippen LogP contribution in [0, 0.1) is 5.82 Å². The van der Waals surface area contributed by atoms with Crippen LogP contribution < -0.4 is 0 Å². The van der Waals surface area contributed by atoms with Crippen molar-refractivity contribution in [2.24, 2.45) is 0 Å². The Morgan fingerprint density at radius 3 is 2.00 bits per heavy atom. The van der Waals surface area contributed by atoms with E-state index in [4.69, 9.17) is 11.6 Å². The molecule has 5 heteroatoms. The van der Waals surface area contributed by atoms with Gasteiger partial charge in [-0.2, -0.15) is 0 Å². The molecular formula is C23H21ClFNOS. The Kier molecular flexibility index (Phi) is 7.52. The minimum Gasteiger partial charge on any atom is -0.333 e. The number of hydrogen-bond donors (Lipinski definition) is 0. The van der Waals surface area contributed by atoms with Crippen molar-refractivity contribution in [1.82, 2.24) is 4.90 Å². The van der Waals surface area contributed by atoms with Crippen molar-refractivity contribution in [2.75, 3.05) is 5.75 Å². The van der Waals surface area contributed by atoms with Crippen LogP contribution in [-0.4, -0.2) is 16.6 Å². The highest BCUT2D eigenvalue weighted by molar-refractivity contribution is 7.99. The standard InChI is InChI=1S/C23H21ClFNOS/c24-21-12-11-20(22(25)13-21)16-28-17-23(27)26(14-18-7-3-1-4-8-18)15-19-9-5-2-6-10-19/h1-13H,14-17H2. The van der Waals surface area contributed by atoms with Gasteiger partial charge in [-0.3, -0.25) is 4.79 Å². The molecule has 0 fully saturated rings. The number of benzene rings is 3. The largest absolute Gasteiger partial charge is 0.333 e. The Morgan fingerprint density at radius 2 is 1.46 bits per heavy atom. The summed E-state index contributed by atoms with van der Waals surface area (Å²) in [6, 6.07) is 24.5. The molecule has 0 aliphatic heterocycles. The maximum Gasteiger partial charge on any atom is 0.233 e. The van der Waals surface area contributed by atoms with Crippen molar-refractivity contribution in [3.05, 3.63) is 106 Å². The fourth-order valence-electron chi connectivity index (χ4n) is 2.82. The number of amides is 1. The molecule has 3 rings (SSSR count). The van der Waals surface area contributed by atoms with Gasteiger partial charge in [0.25, 0.3) is 0 Å². The molecule has 0 saturated heterocycles. The molecule has 3 aromatic carbocycles. The molecule has 0 heterocycles. The van der Waals surface area contributed by atoms with Crippen LogP contribution in [0.15, 0.2) is 78.9 Å². The van der Waals surface area contributed by atoms with Gasteiger partial charge < -0.3 is 4.90 Å². The summed E-state index contributed by atoms with van der Waals surface area (Å²) in [6.07, 6.45) is 0. The summed E-state index contributed by atoms with van der Waals surface area (Å²) in [6.45, 7) is 1.09. The van der Waals surface area contributed by atoms with Gasteiger partial charge in [-0.05, 0) is 28.8 Å². The second-order valence-electron chi connectivity index (χ2n) is 6.45. The van der Waals surface area contributed by atoms with Gasteiger partial charge in [0, 0.05) is 23.9 Å². The highest BCUT2D eigenvalue weighted by atomic mass is 35.5. The summed E-state index contributed by atoms with van der Waals surface area (Å²) in [5.74, 6) is 0.422. The molecule has 0 atom stereocenters. The summed E-state index contributed by atoms with van der Waals surface area (Å²) >= 11 is 7.20. The summed E-state index contributed by atoms with van der Waals surface area (Å²) < 4.78 is 13.9. The predicted molar refractivity (Wildman–Crippen MR) is 115 cm³/mol. The lowest BCUT2D eigenvalue weighted by molar-refractivity contribution is -0.129. The molecule has 0 N–H and O–H groups in total. The fourth-order valence-corrected chi connectivity index (χ4v) is 3.89. The number of nitrogens with zero attached hydrogens (tertiary/aromatic N) is 1. The topological polar surface area (TPSA) is 20.3 Å². The average Bonchev–Trinajstić information content (AvgIpc) is 2.70. The Labute approximate surface area is 174 Å². The molecule has 0 saturated carbocycles. The Bertz CT molecular complexity index is 863. The molecule has 0 unspecified atom stereocenters. The third kappa shape index (κ3) is 6.11. The van der Waals surface area contributed by atoms with E-state index < -0.39 is 0 Å². The van der Waals surface area contributed by atoms with Crippen molar-refractivity contribution >= 4 is 29.3 Å². The van der Waals surface area contributed by atoms with Crippen LogP contribution in [0.2, 0.25) is 5.02 Å². The first kappa shape index (κ1) is 20.4. The lowest BCUT2D eigenvalue weighted by Gasteiger charge is -2.23. The highest BCUT2D eigenvalue weighted by Gasteiger charge is 2.15. The van der Waals surface area contributed by atoms with Crippen LogP contribution in [0.1, 0.15) is 16.7 Å². The van der Waals surface area contributed by atoms with Gasteiger partial charge in [-0.1, -0.05) is 78.3 Å². The second-order valence-corrected chi connectivity index (χ2v) is 7.87. The van der Waals surface area contributed by atoms with Crippen molar-refractivity contribution in [3.8, 4) is 0 Å².